The molecule has 1 aromatic carbocycles. The van der Waals surface area contributed by atoms with Crippen molar-refractivity contribution in [2.24, 2.45) is 12.5 Å². The van der Waals surface area contributed by atoms with E-state index in [0.29, 0.717) is 11.3 Å². The van der Waals surface area contributed by atoms with Gasteiger partial charge in [0.15, 0.2) is 6.20 Å². The minimum atomic E-state index is -2.25. The van der Waals surface area contributed by atoms with Crippen LogP contribution in [0.5, 0.6) is 0 Å². The number of furan rings is 1. The number of fused-ring (bicyclic) bond motifs is 3. The van der Waals surface area contributed by atoms with Gasteiger partial charge in [-0.1, -0.05) is 20.8 Å². The van der Waals surface area contributed by atoms with Crippen molar-refractivity contribution >= 4 is 22.1 Å². The first kappa shape index (κ1) is 14.4. The maximum atomic E-state index is 7.58. The number of aryl methyl sites for hydroxylation is 3. The summed E-state index contributed by atoms with van der Waals surface area (Å²) < 4.78 is 30.8. The van der Waals surface area contributed by atoms with E-state index >= 15 is 0 Å². The molecule has 0 N–H and O–H groups in total. The van der Waals surface area contributed by atoms with E-state index in [2.05, 4.69) is 68.7 Å². The fraction of sp³-hybridized carbons (Fsp3) is 0.333. The topological polar surface area (TPSA) is 29.9 Å². The van der Waals surface area contributed by atoms with Crippen LogP contribution >= 0.6 is 0 Å². The van der Waals surface area contributed by atoms with Crippen molar-refractivity contribution in [1.82, 2.24) is 4.98 Å². The number of nitrogens with zero attached hydrogens (tertiary/aromatic N) is 2. The van der Waals surface area contributed by atoms with Crippen LogP contribution in [-0.4, -0.2) is 4.98 Å². The lowest BCUT2D eigenvalue weighted by Crippen LogP contribution is -2.32. The molecule has 0 atom stereocenters. The molecule has 27 heavy (non-hydrogen) atoms. The highest BCUT2D eigenvalue weighted by atomic mass is 16.3. The van der Waals surface area contributed by atoms with Gasteiger partial charge >= 0.3 is 0 Å². The Morgan fingerprint density at radius 3 is 2.63 bits per heavy atom. The highest BCUT2D eigenvalue weighted by molar-refractivity contribution is 6.05. The van der Waals surface area contributed by atoms with Gasteiger partial charge < -0.3 is 4.42 Å². The molecular weight excluding hydrogens is 332 g/mol. The van der Waals surface area contributed by atoms with Gasteiger partial charge in [0.05, 0.1) is 0 Å². The summed E-state index contributed by atoms with van der Waals surface area (Å²) >= 11 is 0. The maximum absolute atomic E-state index is 7.58. The molecule has 0 fully saturated rings. The van der Waals surface area contributed by atoms with E-state index in [1.165, 1.54) is 5.56 Å². The minimum absolute atomic E-state index is 0.0480. The molecule has 0 bridgehead atoms. The van der Waals surface area contributed by atoms with E-state index in [4.69, 9.17) is 8.53 Å². The van der Waals surface area contributed by atoms with Gasteiger partial charge in [-0.05, 0) is 61.5 Å². The minimum Gasteiger partial charge on any atom is -0.438 e. The van der Waals surface area contributed by atoms with Gasteiger partial charge in [0.2, 0.25) is 11.4 Å². The Hall–Kier alpha value is -2.68. The zero-order valence-electron chi connectivity index (χ0n) is 19.6. The van der Waals surface area contributed by atoms with Crippen LogP contribution in [0.25, 0.3) is 33.3 Å². The van der Waals surface area contributed by atoms with E-state index in [9.17, 15) is 0 Å². The first-order valence-electron chi connectivity index (χ1n) is 10.8. The third-order valence-electron chi connectivity index (χ3n) is 4.89. The second kappa shape index (κ2) is 6.19. The van der Waals surface area contributed by atoms with E-state index in [1.54, 1.807) is 12.1 Å². The lowest BCUT2D eigenvalue weighted by molar-refractivity contribution is -0.660. The molecule has 4 rings (SSSR count). The van der Waals surface area contributed by atoms with Gasteiger partial charge in [-0.15, -0.1) is 0 Å². The average Bonchev–Trinajstić information content (AvgIpc) is 2.95. The van der Waals surface area contributed by atoms with E-state index < -0.39 is 6.85 Å². The summed E-state index contributed by atoms with van der Waals surface area (Å²) in [5.41, 5.74) is 6.00. The highest BCUT2D eigenvalue weighted by Crippen LogP contribution is 2.33. The fourth-order valence-corrected chi connectivity index (χ4v) is 3.74. The average molecular weight is 363 g/mol. The monoisotopic (exact) mass is 362 g/mol. The lowest BCUT2D eigenvalue weighted by Gasteiger charge is -2.17. The van der Waals surface area contributed by atoms with Crippen molar-refractivity contribution < 1.29 is 13.1 Å². The standard InChI is InChI=1S/C24H27N2O/c1-15-11-22-20(18-9-7-16(2)25-23(18)27-22)12-19(15)21-10-8-17(14-26(21)6)13-24(3,4)5/h7-12,14H,13H2,1-6H3/q+1/i2D3. The first-order chi connectivity index (χ1) is 13.9. The van der Waals surface area contributed by atoms with Crippen LogP contribution in [-0.2, 0) is 13.5 Å². The van der Waals surface area contributed by atoms with Crippen molar-refractivity contribution in [2.75, 3.05) is 0 Å². The van der Waals surface area contributed by atoms with Crippen molar-refractivity contribution in [3.05, 3.63) is 59.4 Å². The summed E-state index contributed by atoms with van der Waals surface area (Å²) in [6.07, 6.45) is 3.21. The number of hydrogen-bond donors (Lipinski definition) is 0. The molecule has 4 aromatic rings. The molecule has 138 valence electrons. The van der Waals surface area contributed by atoms with Gasteiger partial charge in [-0.25, -0.2) is 9.55 Å². The van der Waals surface area contributed by atoms with E-state index in [-0.39, 0.29) is 11.1 Å². The molecule has 0 unspecified atom stereocenters. The van der Waals surface area contributed by atoms with E-state index in [1.807, 2.05) is 6.07 Å². The number of benzene rings is 1. The second-order valence-corrected chi connectivity index (χ2v) is 8.59. The molecule has 0 aliphatic rings. The number of rotatable bonds is 2. The first-order valence-corrected chi connectivity index (χ1v) is 9.26. The van der Waals surface area contributed by atoms with Crippen LogP contribution in [0.4, 0.5) is 0 Å². The summed E-state index contributed by atoms with van der Waals surface area (Å²) in [7, 11) is 2.07. The number of aromatic nitrogens is 2. The molecule has 0 spiro atoms. The van der Waals surface area contributed by atoms with Gasteiger partial charge in [0.1, 0.15) is 12.6 Å². The Labute approximate surface area is 164 Å². The van der Waals surface area contributed by atoms with Crippen LogP contribution in [0, 0.1) is 19.2 Å². The Morgan fingerprint density at radius 1 is 1.11 bits per heavy atom. The normalized spacial score (nSPS) is 14.3. The van der Waals surface area contributed by atoms with Gasteiger partial charge in [-0.2, -0.15) is 0 Å². The maximum Gasteiger partial charge on any atom is 0.227 e. The van der Waals surface area contributed by atoms with Crippen LogP contribution in [0.15, 0.2) is 47.0 Å². The van der Waals surface area contributed by atoms with E-state index in [0.717, 1.165) is 34.0 Å². The van der Waals surface area contributed by atoms with Crippen LogP contribution in [0.1, 0.15) is 41.7 Å². The summed E-state index contributed by atoms with van der Waals surface area (Å²) in [6.45, 7) is 6.54. The van der Waals surface area contributed by atoms with Gasteiger partial charge in [-0.3, -0.25) is 0 Å². The Morgan fingerprint density at radius 2 is 1.93 bits per heavy atom. The summed E-state index contributed by atoms with van der Waals surface area (Å²) in [5.74, 6) is 0. The molecule has 3 heteroatoms. The van der Waals surface area contributed by atoms with Crippen molar-refractivity contribution in [2.45, 2.75) is 41.0 Å². The Bertz CT molecular complexity index is 1260. The van der Waals surface area contributed by atoms with Crippen molar-refractivity contribution in [1.29, 1.82) is 0 Å². The molecule has 0 saturated heterocycles. The van der Waals surface area contributed by atoms with Crippen LogP contribution < -0.4 is 4.57 Å². The zero-order valence-corrected chi connectivity index (χ0v) is 16.6. The molecule has 0 aliphatic carbocycles. The summed E-state index contributed by atoms with van der Waals surface area (Å²) in [4.78, 5) is 4.24. The number of pyridine rings is 2. The molecule has 0 saturated carbocycles. The third-order valence-corrected chi connectivity index (χ3v) is 4.89. The van der Waals surface area contributed by atoms with Crippen molar-refractivity contribution in [3.63, 3.8) is 0 Å². The zero-order chi connectivity index (χ0) is 21.8. The second-order valence-electron chi connectivity index (χ2n) is 8.59. The Balaban J connectivity index is 1.84. The molecule has 0 amide bonds. The smallest absolute Gasteiger partial charge is 0.227 e. The molecular formula is C24H27N2O+. The number of hydrogen-bond acceptors (Lipinski definition) is 2. The SMILES string of the molecule is [2H]C([2H])([2H])c1ccc2c(n1)oc1cc(C)c(-c3ccc(CC(C)(C)C)c[n+]3C)cc12. The molecule has 0 radical (unpaired) electrons. The van der Waals surface area contributed by atoms with Crippen LogP contribution in [0.3, 0.4) is 0 Å². The molecule has 0 aliphatic heterocycles. The van der Waals surface area contributed by atoms with Crippen molar-refractivity contribution in [3.8, 4) is 11.3 Å². The van der Waals surface area contributed by atoms with Gasteiger partial charge in [0.25, 0.3) is 0 Å². The molecule has 3 nitrogen and oxygen atoms in total. The van der Waals surface area contributed by atoms with Gasteiger partial charge in [0, 0.05) is 37.8 Å². The predicted molar refractivity (Wildman–Crippen MR) is 111 cm³/mol. The summed E-state index contributed by atoms with van der Waals surface area (Å²) in [6, 6.07) is 11.8. The molecule has 3 aromatic heterocycles. The largest absolute Gasteiger partial charge is 0.438 e. The third kappa shape index (κ3) is 3.34. The predicted octanol–water partition coefficient (Wildman–Crippen LogP) is 5.68. The van der Waals surface area contributed by atoms with Crippen LogP contribution in [0.2, 0.25) is 0 Å². The summed E-state index contributed by atoms with van der Waals surface area (Å²) in [5, 5.41) is 1.76. The quantitative estimate of drug-likeness (QED) is 0.430. The lowest BCUT2D eigenvalue weighted by atomic mass is 9.88. The molecule has 3 heterocycles. The highest BCUT2D eigenvalue weighted by Gasteiger charge is 2.19. The fourth-order valence-electron chi connectivity index (χ4n) is 3.74. The Kier molecular flexibility index (Phi) is 3.30.